The average molecular weight is 545 g/mol. The molecule has 3 aromatic carbocycles. The number of carboxylic acid groups (broad SMARTS) is 1. The van der Waals surface area contributed by atoms with Gasteiger partial charge < -0.3 is 15.2 Å². The third kappa shape index (κ3) is 6.49. The van der Waals surface area contributed by atoms with E-state index >= 15 is 0 Å². The van der Waals surface area contributed by atoms with Crippen LogP contribution in [0.15, 0.2) is 53.4 Å². The van der Waals surface area contributed by atoms with Crippen molar-refractivity contribution in [1.82, 2.24) is 5.32 Å². The summed E-state index contributed by atoms with van der Waals surface area (Å²) in [5.41, 5.74) is 4.76. The fourth-order valence-electron chi connectivity index (χ4n) is 4.08. The second-order valence-corrected chi connectivity index (χ2v) is 10.9. The van der Waals surface area contributed by atoms with Gasteiger partial charge in [-0.05, 0) is 85.3 Å². The molecule has 0 fully saturated rings. The summed E-state index contributed by atoms with van der Waals surface area (Å²) in [4.78, 5) is 24.4. The van der Waals surface area contributed by atoms with Gasteiger partial charge in [-0.15, -0.1) is 0 Å². The van der Waals surface area contributed by atoms with Crippen LogP contribution < -0.4 is 10.0 Å². The predicted molar refractivity (Wildman–Crippen MR) is 144 cm³/mol. The molecule has 1 atom stereocenters. The van der Waals surface area contributed by atoms with Gasteiger partial charge in [0.15, 0.2) is 6.04 Å². The molecule has 8 nitrogen and oxygen atoms in total. The number of aryl methyl sites for hydroxylation is 4. The van der Waals surface area contributed by atoms with Gasteiger partial charge in [-0.1, -0.05) is 35.9 Å². The number of carbonyl (C=O) groups is 2. The molecule has 0 aliphatic carbocycles. The molecule has 0 saturated carbocycles. The lowest BCUT2D eigenvalue weighted by Crippen LogP contribution is -2.44. The number of rotatable bonds is 9. The Labute approximate surface area is 221 Å². The number of amides is 1. The zero-order valence-electron chi connectivity index (χ0n) is 21.2. The van der Waals surface area contributed by atoms with Crippen molar-refractivity contribution in [3.63, 3.8) is 0 Å². The molecule has 0 radical (unpaired) electrons. The highest BCUT2D eigenvalue weighted by atomic mass is 35.5. The number of hydrogen-bond donors (Lipinski definition) is 3. The maximum absolute atomic E-state index is 13.1. The molecule has 3 aromatic rings. The molecule has 0 saturated heterocycles. The zero-order chi connectivity index (χ0) is 27.5. The number of benzene rings is 3. The molecule has 0 aliphatic rings. The third-order valence-electron chi connectivity index (χ3n) is 5.89. The molecule has 1 unspecified atom stereocenters. The van der Waals surface area contributed by atoms with Crippen molar-refractivity contribution in [2.45, 2.75) is 38.6 Å². The first-order chi connectivity index (χ1) is 17.3. The van der Waals surface area contributed by atoms with Crippen LogP contribution in [0.3, 0.4) is 0 Å². The van der Waals surface area contributed by atoms with E-state index in [1.54, 1.807) is 70.2 Å². The van der Waals surface area contributed by atoms with Gasteiger partial charge in [0.1, 0.15) is 0 Å². The largest absolute Gasteiger partial charge is 0.480 e. The molecule has 0 heterocycles. The van der Waals surface area contributed by atoms with E-state index in [0.29, 0.717) is 38.5 Å². The highest BCUT2D eigenvalue weighted by Crippen LogP contribution is 2.30. The molecule has 196 valence electrons. The Balaban J connectivity index is 1.90. The number of aliphatic carboxylic acids is 1. The summed E-state index contributed by atoms with van der Waals surface area (Å²) < 4.78 is 33.7. The molecular formula is C27H29ClN2O6S. The van der Waals surface area contributed by atoms with Gasteiger partial charge in [0.25, 0.3) is 15.9 Å². The summed E-state index contributed by atoms with van der Waals surface area (Å²) in [5, 5.41) is 12.3. The molecule has 0 aliphatic heterocycles. The summed E-state index contributed by atoms with van der Waals surface area (Å²) in [5.74, 6) is -1.70. The molecule has 37 heavy (non-hydrogen) atoms. The SMILES string of the molecule is COCC(NC(=O)c1c(C)cc(-c2cccc(NS(=O)(=O)c3cc(C)c(Cl)cc3C)c2)cc1C)C(=O)O. The van der Waals surface area contributed by atoms with Crippen LogP contribution in [0.5, 0.6) is 0 Å². The van der Waals surface area contributed by atoms with Crippen molar-refractivity contribution >= 4 is 39.2 Å². The average Bonchev–Trinajstić information content (AvgIpc) is 2.80. The molecule has 1 amide bonds. The second kappa shape index (κ2) is 11.3. The van der Waals surface area contributed by atoms with Gasteiger partial charge in [-0.25, -0.2) is 13.2 Å². The lowest BCUT2D eigenvalue weighted by Gasteiger charge is -2.17. The fourth-order valence-corrected chi connectivity index (χ4v) is 5.66. The van der Waals surface area contributed by atoms with Crippen LogP contribution in [0.25, 0.3) is 11.1 Å². The Bertz CT molecular complexity index is 1450. The van der Waals surface area contributed by atoms with Crippen LogP contribution in [0.4, 0.5) is 5.69 Å². The second-order valence-electron chi connectivity index (χ2n) is 8.86. The van der Waals surface area contributed by atoms with Crippen molar-refractivity contribution in [3.8, 4) is 11.1 Å². The van der Waals surface area contributed by atoms with Gasteiger partial charge in [0, 0.05) is 23.4 Å². The minimum atomic E-state index is -3.86. The molecule has 0 aromatic heterocycles. The predicted octanol–water partition coefficient (Wildman–Crippen LogP) is 4.87. The summed E-state index contributed by atoms with van der Waals surface area (Å²) in [7, 11) is -2.50. The molecular weight excluding hydrogens is 516 g/mol. The van der Waals surface area contributed by atoms with Crippen LogP contribution in [0, 0.1) is 27.7 Å². The molecule has 0 bridgehead atoms. The first-order valence-electron chi connectivity index (χ1n) is 11.4. The number of carbonyl (C=O) groups excluding carboxylic acids is 1. The van der Waals surface area contributed by atoms with Crippen LogP contribution in [0.1, 0.15) is 32.6 Å². The smallest absolute Gasteiger partial charge is 0.328 e. The first-order valence-corrected chi connectivity index (χ1v) is 13.2. The van der Waals surface area contributed by atoms with Crippen LogP contribution >= 0.6 is 11.6 Å². The highest BCUT2D eigenvalue weighted by molar-refractivity contribution is 7.92. The number of halogens is 1. The van der Waals surface area contributed by atoms with Gasteiger partial charge in [-0.2, -0.15) is 0 Å². The van der Waals surface area contributed by atoms with Crippen LogP contribution in [0.2, 0.25) is 5.02 Å². The Kier molecular flexibility index (Phi) is 8.63. The minimum absolute atomic E-state index is 0.148. The summed E-state index contributed by atoms with van der Waals surface area (Å²) in [6, 6.07) is 12.5. The number of nitrogens with one attached hydrogen (secondary N) is 2. The molecule has 10 heteroatoms. The van der Waals surface area contributed by atoms with Crippen molar-refractivity contribution in [1.29, 1.82) is 0 Å². The number of sulfonamides is 1. The van der Waals surface area contributed by atoms with Crippen molar-refractivity contribution in [3.05, 3.63) is 81.4 Å². The lowest BCUT2D eigenvalue weighted by atomic mass is 9.95. The normalized spacial score (nSPS) is 12.2. The van der Waals surface area contributed by atoms with Crippen molar-refractivity contribution in [2.75, 3.05) is 18.4 Å². The number of carboxylic acids is 1. The van der Waals surface area contributed by atoms with E-state index in [-0.39, 0.29) is 11.5 Å². The molecule has 3 rings (SSSR count). The topological polar surface area (TPSA) is 122 Å². The minimum Gasteiger partial charge on any atom is -0.480 e. The monoisotopic (exact) mass is 544 g/mol. The Morgan fingerprint density at radius 2 is 1.59 bits per heavy atom. The van der Waals surface area contributed by atoms with E-state index in [9.17, 15) is 23.1 Å². The maximum Gasteiger partial charge on any atom is 0.328 e. The Morgan fingerprint density at radius 1 is 0.946 bits per heavy atom. The van der Waals surface area contributed by atoms with E-state index in [1.165, 1.54) is 7.11 Å². The number of ether oxygens (including phenoxy) is 1. The lowest BCUT2D eigenvalue weighted by molar-refractivity contribution is -0.140. The van der Waals surface area contributed by atoms with E-state index in [4.69, 9.17) is 16.3 Å². The molecule has 3 N–H and O–H groups in total. The van der Waals surface area contributed by atoms with Gasteiger partial charge in [0.2, 0.25) is 0 Å². The van der Waals surface area contributed by atoms with Gasteiger partial charge in [0.05, 0.1) is 11.5 Å². The summed E-state index contributed by atoms with van der Waals surface area (Å²) in [6.45, 7) is 6.80. The standard InChI is InChI=1S/C27H29ClN2O6S/c1-15-12-24(16(2)11-22(15)28)37(34,35)30-21-8-6-7-19(13-21)20-9-17(3)25(18(4)10-20)26(31)29-23(14-36-5)27(32)33/h6-13,23,30H,14H2,1-5H3,(H,29,31)(H,32,33). The summed E-state index contributed by atoms with van der Waals surface area (Å²) in [6.07, 6.45) is 0. The van der Waals surface area contributed by atoms with E-state index in [2.05, 4.69) is 10.0 Å². The Morgan fingerprint density at radius 3 is 2.19 bits per heavy atom. The summed E-state index contributed by atoms with van der Waals surface area (Å²) >= 11 is 6.12. The quantitative estimate of drug-likeness (QED) is 0.353. The fraction of sp³-hybridized carbons (Fsp3) is 0.259. The van der Waals surface area contributed by atoms with Crippen LogP contribution in [-0.2, 0) is 19.6 Å². The maximum atomic E-state index is 13.1. The number of hydrogen-bond acceptors (Lipinski definition) is 5. The van der Waals surface area contributed by atoms with E-state index in [0.717, 1.165) is 11.1 Å². The number of methoxy groups -OCH3 is 1. The van der Waals surface area contributed by atoms with Gasteiger partial charge >= 0.3 is 5.97 Å². The van der Waals surface area contributed by atoms with Crippen molar-refractivity contribution < 1.29 is 27.9 Å². The third-order valence-corrected chi connectivity index (χ3v) is 7.82. The van der Waals surface area contributed by atoms with Crippen molar-refractivity contribution in [2.24, 2.45) is 0 Å². The zero-order valence-corrected chi connectivity index (χ0v) is 22.8. The van der Waals surface area contributed by atoms with E-state index < -0.39 is 27.9 Å². The number of anilines is 1. The Hall–Kier alpha value is -3.40. The first kappa shape index (κ1) is 28.2. The van der Waals surface area contributed by atoms with Gasteiger partial charge in [-0.3, -0.25) is 9.52 Å². The van der Waals surface area contributed by atoms with Crippen LogP contribution in [-0.4, -0.2) is 45.2 Å². The molecule has 0 spiro atoms. The highest BCUT2D eigenvalue weighted by Gasteiger charge is 2.23. The van der Waals surface area contributed by atoms with E-state index in [1.807, 2.05) is 6.07 Å².